The van der Waals surface area contributed by atoms with Crippen molar-refractivity contribution in [1.82, 2.24) is 10.5 Å². The standard InChI is InChI=1S/C8H7F3N2O4/c9-8(10,11)1-2-12-6(14)4-3-5(7(15)16)17-13-4/h3H,1-2H2,(H,12,14)(H,15,16). The van der Waals surface area contributed by atoms with Crippen LogP contribution in [0.5, 0.6) is 0 Å². The molecular formula is C8H7F3N2O4. The van der Waals surface area contributed by atoms with Crippen molar-refractivity contribution in [2.75, 3.05) is 6.54 Å². The largest absolute Gasteiger partial charge is 0.475 e. The van der Waals surface area contributed by atoms with E-state index in [1.165, 1.54) is 0 Å². The van der Waals surface area contributed by atoms with Gasteiger partial charge in [0.2, 0.25) is 5.76 Å². The summed E-state index contributed by atoms with van der Waals surface area (Å²) in [5.74, 6) is -2.91. The number of halogens is 3. The number of hydrogen-bond acceptors (Lipinski definition) is 4. The number of alkyl halides is 3. The Balaban J connectivity index is 2.50. The predicted molar refractivity (Wildman–Crippen MR) is 46.5 cm³/mol. The Kier molecular flexibility index (Phi) is 3.71. The zero-order chi connectivity index (χ0) is 13.1. The first-order chi connectivity index (χ1) is 7.79. The molecule has 0 atom stereocenters. The van der Waals surface area contributed by atoms with Crippen LogP contribution in [0.3, 0.4) is 0 Å². The lowest BCUT2D eigenvalue weighted by Crippen LogP contribution is -2.28. The fourth-order valence-electron chi connectivity index (χ4n) is 0.891. The number of carboxylic acids is 1. The van der Waals surface area contributed by atoms with E-state index in [0.29, 0.717) is 0 Å². The summed E-state index contributed by atoms with van der Waals surface area (Å²) in [6.07, 6.45) is -5.55. The number of rotatable bonds is 4. The van der Waals surface area contributed by atoms with Crippen molar-refractivity contribution in [1.29, 1.82) is 0 Å². The number of nitrogens with one attached hydrogen (secondary N) is 1. The average molecular weight is 252 g/mol. The van der Waals surface area contributed by atoms with Crippen LogP contribution in [0.25, 0.3) is 0 Å². The van der Waals surface area contributed by atoms with Crippen LogP contribution in [-0.4, -0.2) is 34.9 Å². The molecular weight excluding hydrogens is 245 g/mol. The van der Waals surface area contributed by atoms with Crippen LogP contribution in [0.4, 0.5) is 13.2 Å². The summed E-state index contributed by atoms with van der Waals surface area (Å²) in [7, 11) is 0. The third kappa shape index (κ3) is 4.13. The van der Waals surface area contributed by atoms with Crippen molar-refractivity contribution in [3.05, 3.63) is 17.5 Å². The minimum absolute atomic E-state index is 0.385. The van der Waals surface area contributed by atoms with E-state index < -0.39 is 36.8 Å². The SMILES string of the molecule is O=C(NCCC(F)(F)F)c1cc(C(=O)O)on1. The van der Waals surface area contributed by atoms with E-state index in [9.17, 15) is 22.8 Å². The van der Waals surface area contributed by atoms with Gasteiger partial charge in [-0.15, -0.1) is 0 Å². The number of aromatic carboxylic acids is 1. The molecule has 1 amide bonds. The number of hydrogen-bond donors (Lipinski definition) is 2. The third-order valence-corrected chi connectivity index (χ3v) is 1.65. The van der Waals surface area contributed by atoms with Crippen LogP contribution in [0.2, 0.25) is 0 Å². The molecule has 0 radical (unpaired) electrons. The van der Waals surface area contributed by atoms with Crippen molar-refractivity contribution in [2.45, 2.75) is 12.6 Å². The minimum Gasteiger partial charge on any atom is -0.475 e. The fraction of sp³-hybridized carbons (Fsp3) is 0.375. The lowest BCUT2D eigenvalue weighted by molar-refractivity contribution is -0.133. The van der Waals surface area contributed by atoms with E-state index in [0.717, 1.165) is 6.07 Å². The summed E-state index contributed by atoms with van der Waals surface area (Å²) in [6.45, 7) is -0.613. The second-order valence-electron chi connectivity index (χ2n) is 3.00. The molecule has 1 heterocycles. The molecule has 9 heteroatoms. The van der Waals surface area contributed by atoms with Gasteiger partial charge >= 0.3 is 12.1 Å². The van der Waals surface area contributed by atoms with Gasteiger partial charge in [0, 0.05) is 12.6 Å². The minimum atomic E-state index is -4.37. The van der Waals surface area contributed by atoms with Gasteiger partial charge in [0.05, 0.1) is 6.42 Å². The summed E-state index contributed by atoms with van der Waals surface area (Å²) in [5, 5.41) is 13.5. The normalized spacial score (nSPS) is 11.2. The molecule has 0 saturated carbocycles. The summed E-state index contributed by atoms with van der Waals surface area (Å²) in [5.41, 5.74) is -0.385. The molecule has 0 saturated heterocycles. The van der Waals surface area contributed by atoms with Gasteiger partial charge in [-0.05, 0) is 0 Å². The number of aromatic nitrogens is 1. The molecule has 94 valence electrons. The Morgan fingerprint density at radius 1 is 1.47 bits per heavy atom. The molecule has 0 aromatic carbocycles. The first-order valence-electron chi connectivity index (χ1n) is 4.34. The number of carboxylic acid groups (broad SMARTS) is 1. The summed E-state index contributed by atoms with van der Waals surface area (Å²) in [4.78, 5) is 21.5. The Morgan fingerprint density at radius 2 is 2.12 bits per heavy atom. The van der Waals surface area contributed by atoms with Crippen molar-refractivity contribution in [3.8, 4) is 0 Å². The molecule has 0 fully saturated rings. The van der Waals surface area contributed by atoms with E-state index in [1.54, 1.807) is 0 Å². The maximum atomic E-state index is 11.8. The highest BCUT2D eigenvalue weighted by atomic mass is 19.4. The van der Waals surface area contributed by atoms with Gasteiger partial charge in [-0.3, -0.25) is 4.79 Å². The second kappa shape index (κ2) is 4.85. The molecule has 1 aromatic rings. The summed E-state index contributed by atoms with van der Waals surface area (Å²) in [6, 6.07) is 0.825. The van der Waals surface area contributed by atoms with Gasteiger partial charge < -0.3 is 14.9 Å². The molecule has 0 spiro atoms. The molecule has 0 bridgehead atoms. The van der Waals surface area contributed by atoms with Crippen LogP contribution >= 0.6 is 0 Å². The van der Waals surface area contributed by atoms with Crippen LogP contribution in [-0.2, 0) is 0 Å². The van der Waals surface area contributed by atoms with E-state index >= 15 is 0 Å². The van der Waals surface area contributed by atoms with Crippen LogP contribution < -0.4 is 5.32 Å². The maximum absolute atomic E-state index is 11.8. The van der Waals surface area contributed by atoms with Crippen LogP contribution in [0, 0.1) is 0 Å². The second-order valence-corrected chi connectivity index (χ2v) is 3.00. The first kappa shape index (κ1) is 13.0. The smallest absolute Gasteiger partial charge is 0.390 e. The summed E-state index contributed by atoms with van der Waals surface area (Å²) >= 11 is 0. The average Bonchev–Trinajstić information content (AvgIpc) is 2.63. The quantitative estimate of drug-likeness (QED) is 0.835. The number of carbonyl (C=O) groups excluding carboxylic acids is 1. The summed E-state index contributed by atoms with van der Waals surface area (Å²) < 4.78 is 39.5. The molecule has 1 aromatic heterocycles. The first-order valence-corrected chi connectivity index (χ1v) is 4.34. The van der Waals surface area contributed by atoms with Crippen molar-refractivity contribution in [2.24, 2.45) is 0 Å². The van der Waals surface area contributed by atoms with Gasteiger partial charge in [-0.2, -0.15) is 13.2 Å². The van der Waals surface area contributed by atoms with Crippen LogP contribution in [0.15, 0.2) is 10.6 Å². The molecule has 0 aliphatic rings. The highest BCUT2D eigenvalue weighted by Gasteiger charge is 2.27. The predicted octanol–water partition coefficient (Wildman–Crippen LogP) is 1.06. The Labute approximate surface area is 92.4 Å². The lowest BCUT2D eigenvalue weighted by atomic mass is 10.3. The zero-order valence-electron chi connectivity index (χ0n) is 8.24. The van der Waals surface area contributed by atoms with Crippen molar-refractivity contribution in [3.63, 3.8) is 0 Å². The van der Waals surface area contributed by atoms with Gasteiger partial charge in [-0.1, -0.05) is 5.16 Å². The highest BCUT2D eigenvalue weighted by molar-refractivity contribution is 5.94. The fourth-order valence-corrected chi connectivity index (χ4v) is 0.891. The van der Waals surface area contributed by atoms with E-state index in [4.69, 9.17) is 5.11 Å². The lowest BCUT2D eigenvalue weighted by Gasteiger charge is -2.05. The molecule has 0 unspecified atom stereocenters. The molecule has 6 nitrogen and oxygen atoms in total. The monoisotopic (exact) mass is 252 g/mol. The van der Waals surface area contributed by atoms with E-state index in [2.05, 4.69) is 9.68 Å². The number of carbonyl (C=O) groups is 2. The highest BCUT2D eigenvalue weighted by Crippen LogP contribution is 2.18. The molecule has 1 rings (SSSR count). The number of nitrogens with zero attached hydrogens (tertiary/aromatic N) is 1. The molecule has 2 N–H and O–H groups in total. The number of amides is 1. The zero-order valence-corrected chi connectivity index (χ0v) is 8.24. The topological polar surface area (TPSA) is 92.4 Å². The van der Waals surface area contributed by atoms with Crippen molar-refractivity contribution < 1.29 is 32.4 Å². The van der Waals surface area contributed by atoms with Gasteiger partial charge in [0.1, 0.15) is 0 Å². The molecule has 0 aliphatic carbocycles. The molecule has 0 aliphatic heterocycles. The Bertz CT molecular complexity index is 427. The third-order valence-electron chi connectivity index (χ3n) is 1.65. The van der Waals surface area contributed by atoms with E-state index in [-0.39, 0.29) is 5.69 Å². The Hall–Kier alpha value is -2.06. The van der Waals surface area contributed by atoms with Crippen molar-refractivity contribution >= 4 is 11.9 Å². The van der Waals surface area contributed by atoms with E-state index in [1.807, 2.05) is 5.32 Å². The van der Waals surface area contributed by atoms with Crippen LogP contribution in [0.1, 0.15) is 27.5 Å². The Morgan fingerprint density at radius 3 is 2.59 bits per heavy atom. The molecule has 17 heavy (non-hydrogen) atoms. The maximum Gasteiger partial charge on any atom is 0.390 e. The van der Waals surface area contributed by atoms with Gasteiger partial charge in [-0.25, -0.2) is 4.79 Å². The van der Waals surface area contributed by atoms with Gasteiger partial charge in [0.25, 0.3) is 5.91 Å². The van der Waals surface area contributed by atoms with Gasteiger partial charge in [0.15, 0.2) is 5.69 Å².